The monoisotopic (exact) mass is 368 g/mol. The maximum absolute atomic E-state index is 12.5. The fraction of sp³-hybridized carbons (Fsp3) is 0.471. The van der Waals surface area contributed by atoms with Crippen LogP contribution in [0.4, 0.5) is 0 Å². The molecule has 8 heteroatoms. The number of hydrogen-bond acceptors (Lipinski definition) is 5. The maximum Gasteiger partial charge on any atom is 0.328 e. The molecule has 0 radical (unpaired) electrons. The lowest BCUT2D eigenvalue weighted by Gasteiger charge is -2.33. The molecule has 7 nitrogen and oxygen atoms in total. The van der Waals surface area contributed by atoms with E-state index in [2.05, 4.69) is 0 Å². The molecule has 2 amide bonds. The van der Waals surface area contributed by atoms with E-state index in [1.165, 1.54) is 23.1 Å². The molecule has 136 valence electrons. The number of amides is 2. The predicted molar refractivity (Wildman–Crippen MR) is 91.4 cm³/mol. The Morgan fingerprint density at radius 1 is 1.32 bits per heavy atom. The molecule has 0 bridgehead atoms. The van der Waals surface area contributed by atoms with Gasteiger partial charge < -0.3 is 20.1 Å². The number of rotatable bonds is 6. The van der Waals surface area contributed by atoms with E-state index >= 15 is 0 Å². The highest BCUT2D eigenvalue weighted by Crippen LogP contribution is 2.23. The second-order valence-corrected chi connectivity index (χ2v) is 6.08. The lowest BCUT2D eigenvalue weighted by molar-refractivity contribution is -0.157. The summed E-state index contributed by atoms with van der Waals surface area (Å²) in [6.45, 7) is 2.15. The minimum atomic E-state index is -0.702. The quantitative estimate of drug-likeness (QED) is 0.771. The molecule has 0 spiro atoms. The van der Waals surface area contributed by atoms with E-state index < -0.39 is 17.9 Å². The fourth-order valence-electron chi connectivity index (χ4n) is 2.76. The predicted octanol–water partition coefficient (Wildman–Crippen LogP) is 1.76. The first-order chi connectivity index (χ1) is 11.9. The van der Waals surface area contributed by atoms with E-state index in [0.717, 1.165) is 12.8 Å². The van der Waals surface area contributed by atoms with Crippen molar-refractivity contribution < 1.29 is 23.9 Å². The molecule has 1 aliphatic heterocycles. The van der Waals surface area contributed by atoms with E-state index in [4.69, 9.17) is 26.8 Å². The van der Waals surface area contributed by atoms with Gasteiger partial charge in [-0.15, -0.1) is 0 Å². The van der Waals surface area contributed by atoms with Gasteiger partial charge in [0.2, 0.25) is 0 Å². The number of halogens is 1. The SMILES string of the molecule is CCOC(=O)C1CCCCN1C(=O)COc1ccc(Cl)cc1C(N)=O. The Morgan fingerprint density at radius 2 is 2.08 bits per heavy atom. The van der Waals surface area contributed by atoms with Crippen LogP contribution in [0.15, 0.2) is 18.2 Å². The Balaban J connectivity index is 2.06. The van der Waals surface area contributed by atoms with Crippen LogP contribution in [0, 0.1) is 0 Å². The number of carbonyl (C=O) groups is 3. The van der Waals surface area contributed by atoms with Crippen molar-refractivity contribution in [1.29, 1.82) is 0 Å². The van der Waals surface area contributed by atoms with Gasteiger partial charge in [0, 0.05) is 11.6 Å². The third kappa shape index (κ3) is 4.85. The number of nitrogens with zero attached hydrogens (tertiary/aromatic N) is 1. The van der Waals surface area contributed by atoms with Crippen LogP contribution in [0.1, 0.15) is 36.5 Å². The molecule has 1 unspecified atom stereocenters. The van der Waals surface area contributed by atoms with E-state index in [-0.39, 0.29) is 30.4 Å². The summed E-state index contributed by atoms with van der Waals surface area (Å²) in [7, 11) is 0. The second kappa shape index (κ2) is 8.71. The summed E-state index contributed by atoms with van der Waals surface area (Å²) in [5, 5.41) is 0.339. The molecular weight excluding hydrogens is 348 g/mol. The van der Waals surface area contributed by atoms with Gasteiger partial charge in [-0.1, -0.05) is 11.6 Å². The summed E-state index contributed by atoms with van der Waals surface area (Å²) in [5.74, 6) is -1.27. The number of nitrogens with two attached hydrogens (primary N) is 1. The summed E-state index contributed by atoms with van der Waals surface area (Å²) in [4.78, 5) is 37.5. The van der Waals surface area contributed by atoms with Gasteiger partial charge in [-0.3, -0.25) is 9.59 Å². The normalized spacial score (nSPS) is 17.0. The molecule has 0 aromatic heterocycles. The molecule has 0 saturated carbocycles. The number of primary amides is 1. The van der Waals surface area contributed by atoms with Crippen LogP contribution in [0.25, 0.3) is 0 Å². The van der Waals surface area contributed by atoms with Gasteiger partial charge >= 0.3 is 5.97 Å². The Labute approximate surface area is 151 Å². The first-order valence-electron chi connectivity index (χ1n) is 8.12. The number of piperidine rings is 1. The van der Waals surface area contributed by atoms with Crippen molar-refractivity contribution in [2.45, 2.75) is 32.2 Å². The van der Waals surface area contributed by atoms with Crippen molar-refractivity contribution in [2.75, 3.05) is 19.8 Å². The number of carbonyl (C=O) groups excluding carboxylic acids is 3. The van der Waals surface area contributed by atoms with E-state index in [1.54, 1.807) is 6.92 Å². The minimum Gasteiger partial charge on any atom is -0.483 e. The molecule has 25 heavy (non-hydrogen) atoms. The van der Waals surface area contributed by atoms with Crippen molar-refractivity contribution in [3.63, 3.8) is 0 Å². The zero-order valence-corrected chi connectivity index (χ0v) is 14.8. The standard InChI is InChI=1S/C17H21ClN2O5/c1-2-24-17(23)13-5-3-4-8-20(13)15(21)10-25-14-7-6-11(18)9-12(14)16(19)22/h6-7,9,13H,2-5,8,10H2,1H3,(H2,19,22). The van der Waals surface area contributed by atoms with Crippen LogP contribution in [0.2, 0.25) is 5.02 Å². The van der Waals surface area contributed by atoms with Gasteiger partial charge in [0.05, 0.1) is 12.2 Å². The smallest absolute Gasteiger partial charge is 0.328 e. The van der Waals surface area contributed by atoms with Crippen molar-refractivity contribution in [3.8, 4) is 5.75 Å². The Kier molecular flexibility index (Phi) is 6.64. The highest BCUT2D eigenvalue weighted by Gasteiger charge is 2.33. The van der Waals surface area contributed by atoms with Gasteiger partial charge in [0.1, 0.15) is 11.8 Å². The molecule has 1 atom stereocenters. The van der Waals surface area contributed by atoms with Gasteiger partial charge in [-0.25, -0.2) is 4.79 Å². The third-order valence-electron chi connectivity index (χ3n) is 3.94. The summed E-state index contributed by atoms with van der Waals surface area (Å²) in [5.41, 5.74) is 5.39. The third-order valence-corrected chi connectivity index (χ3v) is 4.18. The molecule has 1 heterocycles. The summed E-state index contributed by atoms with van der Waals surface area (Å²) < 4.78 is 10.5. The number of likely N-dealkylation sites (tertiary alicyclic amines) is 1. The number of benzene rings is 1. The van der Waals surface area contributed by atoms with Crippen LogP contribution in [-0.4, -0.2) is 48.5 Å². The largest absolute Gasteiger partial charge is 0.483 e. The van der Waals surface area contributed by atoms with Crippen LogP contribution in [0.5, 0.6) is 5.75 Å². The molecule has 1 aromatic carbocycles. The summed E-state index contributed by atoms with van der Waals surface area (Å²) in [6.07, 6.45) is 2.24. The molecule has 2 rings (SSSR count). The van der Waals surface area contributed by atoms with Crippen molar-refractivity contribution >= 4 is 29.4 Å². The number of hydrogen-bond donors (Lipinski definition) is 1. The average molecular weight is 369 g/mol. The van der Waals surface area contributed by atoms with Crippen LogP contribution in [0.3, 0.4) is 0 Å². The fourth-order valence-corrected chi connectivity index (χ4v) is 2.93. The van der Waals surface area contributed by atoms with Crippen LogP contribution >= 0.6 is 11.6 Å². The first-order valence-corrected chi connectivity index (χ1v) is 8.50. The molecule has 1 aromatic rings. The lowest BCUT2D eigenvalue weighted by atomic mass is 10.0. The maximum atomic E-state index is 12.5. The Morgan fingerprint density at radius 3 is 2.76 bits per heavy atom. The molecular formula is C17H21ClN2O5. The molecule has 1 aliphatic rings. The van der Waals surface area contributed by atoms with Gasteiger partial charge in [0.25, 0.3) is 11.8 Å². The first kappa shape index (κ1) is 19.1. The van der Waals surface area contributed by atoms with Gasteiger partial charge in [0.15, 0.2) is 6.61 Å². The van der Waals surface area contributed by atoms with Crippen molar-refractivity contribution in [1.82, 2.24) is 4.90 Å². The number of esters is 1. The molecule has 2 N–H and O–H groups in total. The Hall–Kier alpha value is -2.28. The molecule has 1 saturated heterocycles. The minimum absolute atomic E-state index is 0.0980. The topological polar surface area (TPSA) is 98.9 Å². The highest BCUT2D eigenvalue weighted by atomic mass is 35.5. The average Bonchev–Trinajstić information content (AvgIpc) is 2.60. The summed E-state index contributed by atoms with van der Waals surface area (Å²) >= 11 is 5.84. The lowest BCUT2D eigenvalue weighted by Crippen LogP contribution is -2.50. The van der Waals surface area contributed by atoms with Gasteiger partial charge in [-0.05, 0) is 44.4 Å². The Bertz CT molecular complexity index is 664. The van der Waals surface area contributed by atoms with Crippen LogP contribution in [-0.2, 0) is 14.3 Å². The molecule has 0 aliphatic carbocycles. The van der Waals surface area contributed by atoms with Gasteiger partial charge in [-0.2, -0.15) is 0 Å². The second-order valence-electron chi connectivity index (χ2n) is 5.64. The van der Waals surface area contributed by atoms with Crippen molar-refractivity contribution in [2.24, 2.45) is 5.73 Å². The van der Waals surface area contributed by atoms with E-state index in [9.17, 15) is 14.4 Å². The highest BCUT2D eigenvalue weighted by molar-refractivity contribution is 6.31. The number of ether oxygens (including phenoxy) is 2. The van der Waals surface area contributed by atoms with E-state index in [0.29, 0.717) is 18.0 Å². The molecule has 1 fully saturated rings. The van der Waals surface area contributed by atoms with E-state index in [1.807, 2.05) is 0 Å². The zero-order chi connectivity index (χ0) is 18.4. The zero-order valence-electron chi connectivity index (χ0n) is 14.0. The van der Waals surface area contributed by atoms with Crippen LogP contribution < -0.4 is 10.5 Å². The van der Waals surface area contributed by atoms with Crippen molar-refractivity contribution in [3.05, 3.63) is 28.8 Å². The summed E-state index contributed by atoms with van der Waals surface area (Å²) in [6, 6.07) is 3.81.